The van der Waals surface area contributed by atoms with Crippen LogP contribution >= 0.6 is 0 Å². The second kappa shape index (κ2) is 3.65. The minimum atomic E-state index is -0.664. The fraction of sp³-hybridized carbons (Fsp3) is 0.0909. The van der Waals surface area contributed by atoms with Crippen LogP contribution in [-0.2, 0) is 6.54 Å². The van der Waals surface area contributed by atoms with Gasteiger partial charge in [0.05, 0.1) is 12.1 Å². The van der Waals surface area contributed by atoms with Crippen molar-refractivity contribution in [2.45, 2.75) is 6.54 Å². The molecular weight excluding hydrogens is 226 g/mol. The molecule has 3 aromatic rings. The zero-order valence-corrected chi connectivity index (χ0v) is 8.69. The minimum absolute atomic E-state index is 0.147. The molecule has 0 radical (unpaired) electrons. The van der Waals surface area contributed by atoms with Crippen LogP contribution in [0.3, 0.4) is 0 Å². The Hall–Kier alpha value is -2.24. The molecule has 0 aliphatic heterocycles. The molecule has 4 nitrogen and oxygen atoms in total. The van der Waals surface area contributed by atoms with Gasteiger partial charge in [-0.25, -0.2) is 13.8 Å². The molecule has 0 spiro atoms. The van der Waals surface area contributed by atoms with Gasteiger partial charge in [-0.05, 0) is 12.1 Å². The van der Waals surface area contributed by atoms with Gasteiger partial charge < -0.3 is 4.98 Å². The Morgan fingerprint density at radius 3 is 2.94 bits per heavy atom. The highest BCUT2D eigenvalue weighted by Gasteiger charge is 2.09. The van der Waals surface area contributed by atoms with Crippen LogP contribution in [0.25, 0.3) is 11.0 Å². The maximum absolute atomic E-state index is 13.4. The molecule has 0 saturated carbocycles. The standard InChI is InChI=1S/C11H8F2N4/c12-7-4-8(13)11-9(5-7)15-10(16-11)6-17-3-1-2-14-17/h1-5H,6H2,(H,15,16). The first-order chi connectivity index (χ1) is 8.22. The molecule has 0 unspecified atom stereocenters. The predicted molar refractivity (Wildman–Crippen MR) is 57.3 cm³/mol. The van der Waals surface area contributed by atoms with Gasteiger partial charge in [0, 0.05) is 18.5 Å². The highest BCUT2D eigenvalue weighted by molar-refractivity contribution is 5.75. The number of rotatable bonds is 2. The molecule has 0 amide bonds. The lowest BCUT2D eigenvalue weighted by Gasteiger charge is -1.95. The third kappa shape index (κ3) is 1.77. The fourth-order valence-corrected chi connectivity index (χ4v) is 1.72. The van der Waals surface area contributed by atoms with Gasteiger partial charge in [0.15, 0.2) is 5.82 Å². The monoisotopic (exact) mass is 234 g/mol. The van der Waals surface area contributed by atoms with Crippen LogP contribution in [0.15, 0.2) is 30.6 Å². The Morgan fingerprint density at radius 2 is 2.18 bits per heavy atom. The first kappa shape index (κ1) is 9.95. The van der Waals surface area contributed by atoms with Crippen molar-refractivity contribution in [3.05, 3.63) is 48.1 Å². The van der Waals surface area contributed by atoms with E-state index in [4.69, 9.17) is 0 Å². The molecule has 17 heavy (non-hydrogen) atoms. The van der Waals surface area contributed by atoms with Crippen molar-refractivity contribution in [3.63, 3.8) is 0 Å². The number of hydrogen-bond donors (Lipinski definition) is 1. The predicted octanol–water partition coefficient (Wildman–Crippen LogP) is 2.09. The molecule has 0 atom stereocenters. The average Bonchev–Trinajstić information content (AvgIpc) is 2.87. The van der Waals surface area contributed by atoms with Crippen LogP contribution in [0, 0.1) is 11.6 Å². The van der Waals surface area contributed by atoms with E-state index < -0.39 is 11.6 Å². The molecule has 0 fully saturated rings. The van der Waals surface area contributed by atoms with Crippen LogP contribution in [0.5, 0.6) is 0 Å². The number of nitrogens with one attached hydrogen (secondary N) is 1. The van der Waals surface area contributed by atoms with Gasteiger partial charge in [0.25, 0.3) is 0 Å². The maximum atomic E-state index is 13.4. The zero-order chi connectivity index (χ0) is 11.8. The normalized spacial score (nSPS) is 11.2. The summed E-state index contributed by atoms with van der Waals surface area (Å²) in [5.74, 6) is -0.750. The van der Waals surface area contributed by atoms with Gasteiger partial charge in [0.1, 0.15) is 17.2 Å². The van der Waals surface area contributed by atoms with E-state index >= 15 is 0 Å². The van der Waals surface area contributed by atoms with Crippen molar-refractivity contribution in [2.75, 3.05) is 0 Å². The summed E-state index contributed by atoms with van der Waals surface area (Å²) in [4.78, 5) is 6.93. The molecule has 2 aromatic heterocycles. The molecular formula is C11H8F2N4. The molecule has 0 saturated heterocycles. The molecule has 86 valence electrons. The van der Waals surface area contributed by atoms with E-state index in [0.717, 1.165) is 6.07 Å². The van der Waals surface area contributed by atoms with Crippen LogP contribution in [0.4, 0.5) is 8.78 Å². The third-order valence-electron chi connectivity index (χ3n) is 2.42. The number of halogens is 2. The number of nitrogens with zero attached hydrogens (tertiary/aromatic N) is 3. The number of fused-ring (bicyclic) bond motifs is 1. The topological polar surface area (TPSA) is 46.5 Å². The zero-order valence-electron chi connectivity index (χ0n) is 8.69. The van der Waals surface area contributed by atoms with Gasteiger partial charge in [-0.1, -0.05) is 0 Å². The van der Waals surface area contributed by atoms with Crippen molar-refractivity contribution in [3.8, 4) is 0 Å². The average molecular weight is 234 g/mol. The summed E-state index contributed by atoms with van der Waals surface area (Å²) in [6, 6.07) is 3.82. The largest absolute Gasteiger partial charge is 0.340 e. The summed E-state index contributed by atoms with van der Waals surface area (Å²) in [6.07, 6.45) is 3.41. The van der Waals surface area contributed by atoms with E-state index in [1.54, 1.807) is 23.1 Å². The Morgan fingerprint density at radius 1 is 1.29 bits per heavy atom. The minimum Gasteiger partial charge on any atom is -0.340 e. The van der Waals surface area contributed by atoms with Gasteiger partial charge in [-0.15, -0.1) is 0 Å². The Balaban J connectivity index is 2.05. The first-order valence-corrected chi connectivity index (χ1v) is 5.03. The van der Waals surface area contributed by atoms with E-state index in [1.807, 2.05) is 0 Å². The molecule has 2 heterocycles. The van der Waals surface area contributed by atoms with Crippen molar-refractivity contribution in [1.29, 1.82) is 0 Å². The van der Waals surface area contributed by atoms with Crippen LogP contribution < -0.4 is 0 Å². The summed E-state index contributed by atoms with van der Waals surface area (Å²) in [7, 11) is 0. The Kier molecular flexibility index (Phi) is 2.14. The smallest absolute Gasteiger partial charge is 0.153 e. The van der Waals surface area contributed by atoms with Crippen molar-refractivity contribution in [2.24, 2.45) is 0 Å². The van der Waals surface area contributed by atoms with Gasteiger partial charge in [-0.3, -0.25) is 4.68 Å². The van der Waals surface area contributed by atoms with Crippen molar-refractivity contribution in [1.82, 2.24) is 19.7 Å². The maximum Gasteiger partial charge on any atom is 0.153 e. The summed E-state index contributed by atoms with van der Waals surface area (Å²) in [5, 5.41) is 4.01. The van der Waals surface area contributed by atoms with E-state index in [0.29, 0.717) is 17.9 Å². The molecule has 6 heteroatoms. The van der Waals surface area contributed by atoms with Crippen molar-refractivity contribution < 1.29 is 8.78 Å². The van der Waals surface area contributed by atoms with Crippen molar-refractivity contribution >= 4 is 11.0 Å². The second-order valence-corrected chi connectivity index (χ2v) is 3.67. The number of aromatic nitrogens is 4. The van der Waals surface area contributed by atoms with Gasteiger partial charge >= 0.3 is 0 Å². The lowest BCUT2D eigenvalue weighted by Crippen LogP contribution is -2.01. The number of benzene rings is 1. The van der Waals surface area contributed by atoms with Crippen LogP contribution in [0.2, 0.25) is 0 Å². The van der Waals surface area contributed by atoms with Gasteiger partial charge in [-0.2, -0.15) is 5.10 Å². The Labute approximate surface area is 94.9 Å². The number of H-pyrrole nitrogens is 1. The quantitative estimate of drug-likeness (QED) is 0.738. The Bertz CT molecular complexity index is 657. The lowest BCUT2D eigenvalue weighted by atomic mass is 10.3. The molecule has 0 bridgehead atoms. The summed E-state index contributed by atoms with van der Waals surface area (Å²) in [6.45, 7) is 0.392. The molecule has 1 N–H and O–H groups in total. The molecule has 0 aliphatic rings. The summed E-state index contributed by atoms with van der Waals surface area (Å²) in [5.41, 5.74) is 0.498. The molecule has 1 aromatic carbocycles. The highest BCUT2D eigenvalue weighted by Crippen LogP contribution is 2.17. The molecule has 3 rings (SSSR count). The van der Waals surface area contributed by atoms with E-state index in [1.165, 1.54) is 6.07 Å². The van der Waals surface area contributed by atoms with Crippen LogP contribution in [0.1, 0.15) is 5.82 Å². The SMILES string of the molecule is Fc1cc(F)c2nc(Cn3cccn3)[nH]c2c1. The van der Waals surface area contributed by atoms with Gasteiger partial charge in [0.2, 0.25) is 0 Å². The molecule has 0 aliphatic carbocycles. The number of hydrogen-bond acceptors (Lipinski definition) is 2. The highest BCUT2D eigenvalue weighted by atomic mass is 19.1. The second-order valence-electron chi connectivity index (χ2n) is 3.67. The third-order valence-corrected chi connectivity index (χ3v) is 2.42. The van der Waals surface area contributed by atoms with E-state index in [2.05, 4.69) is 15.1 Å². The van der Waals surface area contributed by atoms with E-state index in [9.17, 15) is 8.78 Å². The number of imidazole rings is 1. The van der Waals surface area contributed by atoms with Crippen LogP contribution in [-0.4, -0.2) is 19.7 Å². The number of aromatic amines is 1. The summed E-state index contributed by atoms with van der Waals surface area (Å²) >= 11 is 0. The van der Waals surface area contributed by atoms with E-state index in [-0.39, 0.29) is 5.52 Å². The fourth-order valence-electron chi connectivity index (χ4n) is 1.72. The first-order valence-electron chi connectivity index (χ1n) is 5.03. The lowest BCUT2D eigenvalue weighted by molar-refractivity contribution is 0.590. The summed E-state index contributed by atoms with van der Waals surface area (Å²) < 4.78 is 28.0.